The molecule has 0 aromatic heterocycles. The summed E-state index contributed by atoms with van der Waals surface area (Å²) in [6.07, 6.45) is 1.74. The molecule has 0 radical (unpaired) electrons. The van der Waals surface area contributed by atoms with Crippen molar-refractivity contribution < 1.29 is 33.7 Å². The molecule has 0 saturated heterocycles. The van der Waals surface area contributed by atoms with E-state index in [0.29, 0.717) is 29.5 Å². The number of aliphatic hydroxyl groups is 1. The SMILES string of the molecule is COc1ccc(NC(=O)Nc2ccc3c(c2)C(=O)N([C@@H](C)CO)C[C@@H](C)[C@@H](CN(C)C(=O)Nc2cccc4ccccc24)OCCCC[C@@H](C)O3)cc1. The summed E-state index contributed by atoms with van der Waals surface area (Å²) in [5.41, 5.74) is 1.94. The van der Waals surface area contributed by atoms with Crippen LogP contribution in [-0.2, 0) is 4.74 Å². The first-order valence-corrected chi connectivity index (χ1v) is 18.1. The second kappa shape index (κ2) is 18.4. The molecule has 5 amide bonds. The lowest BCUT2D eigenvalue weighted by molar-refractivity contribution is -0.0115. The molecule has 0 aliphatic carbocycles. The van der Waals surface area contributed by atoms with Crippen LogP contribution in [0.3, 0.4) is 0 Å². The van der Waals surface area contributed by atoms with Crippen molar-refractivity contribution in [1.82, 2.24) is 9.80 Å². The Morgan fingerprint density at radius 2 is 1.68 bits per heavy atom. The van der Waals surface area contributed by atoms with E-state index >= 15 is 0 Å². The molecule has 12 heteroatoms. The molecule has 0 unspecified atom stereocenters. The monoisotopic (exact) mass is 725 g/mol. The molecular formula is C41H51N5O7. The Balaban J connectivity index is 1.36. The van der Waals surface area contributed by atoms with Crippen molar-refractivity contribution in [2.75, 3.05) is 56.4 Å². The van der Waals surface area contributed by atoms with E-state index < -0.39 is 18.2 Å². The van der Waals surface area contributed by atoms with Crippen molar-refractivity contribution in [3.8, 4) is 11.5 Å². The zero-order valence-corrected chi connectivity index (χ0v) is 31.1. The highest BCUT2D eigenvalue weighted by molar-refractivity contribution is 6.03. The van der Waals surface area contributed by atoms with Gasteiger partial charge in [0.25, 0.3) is 5.91 Å². The van der Waals surface area contributed by atoms with Gasteiger partial charge in [-0.2, -0.15) is 0 Å². The van der Waals surface area contributed by atoms with Gasteiger partial charge >= 0.3 is 12.1 Å². The van der Waals surface area contributed by atoms with Gasteiger partial charge in [-0.1, -0.05) is 43.3 Å². The zero-order valence-electron chi connectivity index (χ0n) is 31.1. The third-order valence-electron chi connectivity index (χ3n) is 9.49. The van der Waals surface area contributed by atoms with Gasteiger partial charge in [-0.25, -0.2) is 9.59 Å². The van der Waals surface area contributed by atoms with E-state index in [1.165, 1.54) is 0 Å². The molecule has 12 nitrogen and oxygen atoms in total. The van der Waals surface area contributed by atoms with Crippen molar-refractivity contribution in [3.63, 3.8) is 0 Å². The number of fused-ring (bicyclic) bond motifs is 2. The number of aliphatic hydroxyl groups excluding tert-OH is 1. The first-order valence-electron chi connectivity index (χ1n) is 18.1. The molecule has 1 aliphatic heterocycles. The van der Waals surface area contributed by atoms with E-state index in [2.05, 4.69) is 16.0 Å². The second-order valence-corrected chi connectivity index (χ2v) is 13.7. The number of ether oxygens (including phenoxy) is 3. The fourth-order valence-electron chi connectivity index (χ4n) is 6.33. The van der Waals surface area contributed by atoms with Crippen LogP contribution in [0.5, 0.6) is 11.5 Å². The maximum Gasteiger partial charge on any atom is 0.323 e. The molecule has 4 aromatic rings. The van der Waals surface area contributed by atoms with Gasteiger partial charge in [-0.3, -0.25) is 4.79 Å². The van der Waals surface area contributed by atoms with Gasteiger partial charge in [0.05, 0.1) is 43.2 Å². The lowest BCUT2D eigenvalue weighted by atomic mass is 10.0. The molecule has 0 saturated carbocycles. The Labute approximate surface area is 311 Å². The fourth-order valence-corrected chi connectivity index (χ4v) is 6.33. The standard InChI is InChI=1S/C41H51N5O7/c1-27-24-46(28(2)26-47)39(48)35-23-32(43-40(49)42-31-16-19-33(51-5)20-17-31)18-21-37(35)53-29(3)11-8-9-22-52-38(27)25-45(4)41(50)44-36-15-10-13-30-12-6-7-14-34(30)36/h6-7,10,12-21,23,27-29,38,47H,8-9,11,22,24-26H2,1-5H3,(H,44,50)(H2,42,43,49)/t27-,28+,29-,38-/m1/s1. The van der Waals surface area contributed by atoms with Crippen LogP contribution in [0.15, 0.2) is 84.9 Å². The van der Waals surface area contributed by atoms with Crippen LogP contribution in [0.1, 0.15) is 50.4 Å². The third kappa shape index (κ3) is 10.4. The maximum absolute atomic E-state index is 14.5. The quantitative estimate of drug-likeness (QED) is 0.148. The number of methoxy groups -OCH3 is 1. The number of nitrogens with one attached hydrogen (secondary N) is 3. The number of nitrogens with zero attached hydrogens (tertiary/aromatic N) is 2. The highest BCUT2D eigenvalue weighted by atomic mass is 16.5. The van der Waals surface area contributed by atoms with Crippen LogP contribution in [0.2, 0.25) is 0 Å². The number of likely N-dealkylation sites (N-methyl/N-ethyl adjacent to an activating group) is 1. The smallest absolute Gasteiger partial charge is 0.323 e. The van der Waals surface area contributed by atoms with Crippen molar-refractivity contribution in [2.45, 2.75) is 58.3 Å². The Bertz CT molecular complexity index is 1850. The molecule has 4 aromatic carbocycles. The van der Waals surface area contributed by atoms with Crippen molar-refractivity contribution in [2.24, 2.45) is 5.92 Å². The number of hydrogen-bond acceptors (Lipinski definition) is 7. The van der Waals surface area contributed by atoms with E-state index in [1.807, 2.05) is 56.3 Å². The highest BCUT2D eigenvalue weighted by Crippen LogP contribution is 2.29. The largest absolute Gasteiger partial charge is 0.497 e. The number of urea groups is 2. The lowest BCUT2D eigenvalue weighted by Gasteiger charge is -2.35. The molecule has 1 aliphatic rings. The van der Waals surface area contributed by atoms with Gasteiger partial charge in [-0.15, -0.1) is 0 Å². The van der Waals surface area contributed by atoms with Gasteiger partial charge in [0, 0.05) is 49.4 Å². The summed E-state index contributed by atoms with van der Waals surface area (Å²) in [6, 6.07) is 24.3. The average Bonchev–Trinajstić information content (AvgIpc) is 3.16. The summed E-state index contributed by atoms with van der Waals surface area (Å²) in [7, 11) is 3.30. The number of hydrogen-bond donors (Lipinski definition) is 4. The molecule has 1 heterocycles. The van der Waals surface area contributed by atoms with Crippen LogP contribution in [0.25, 0.3) is 10.8 Å². The molecule has 53 heavy (non-hydrogen) atoms. The number of rotatable bonds is 8. The van der Waals surface area contributed by atoms with Crippen LogP contribution in [0.4, 0.5) is 26.7 Å². The molecule has 0 bridgehead atoms. The Morgan fingerprint density at radius 3 is 2.43 bits per heavy atom. The summed E-state index contributed by atoms with van der Waals surface area (Å²) in [4.78, 5) is 44.1. The molecule has 0 fully saturated rings. The van der Waals surface area contributed by atoms with Crippen LogP contribution < -0.4 is 25.4 Å². The van der Waals surface area contributed by atoms with Crippen LogP contribution >= 0.6 is 0 Å². The van der Waals surface area contributed by atoms with Crippen molar-refractivity contribution in [1.29, 1.82) is 0 Å². The highest BCUT2D eigenvalue weighted by Gasteiger charge is 2.31. The van der Waals surface area contributed by atoms with E-state index in [0.717, 1.165) is 35.7 Å². The number of benzene rings is 4. The average molecular weight is 726 g/mol. The predicted molar refractivity (Wildman–Crippen MR) is 208 cm³/mol. The van der Waals surface area contributed by atoms with Gasteiger partial charge in [0.2, 0.25) is 0 Å². The molecule has 4 N–H and O–H groups in total. The van der Waals surface area contributed by atoms with E-state index in [9.17, 15) is 19.5 Å². The third-order valence-corrected chi connectivity index (χ3v) is 9.49. The van der Waals surface area contributed by atoms with Gasteiger partial charge in [0.15, 0.2) is 0 Å². The fraction of sp³-hybridized carbons (Fsp3) is 0.390. The molecule has 282 valence electrons. The first kappa shape index (κ1) is 38.9. The van der Waals surface area contributed by atoms with E-state index in [4.69, 9.17) is 14.2 Å². The Hall–Kier alpha value is -5.33. The van der Waals surface area contributed by atoms with E-state index in [1.54, 1.807) is 73.3 Å². The Morgan fingerprint density at radius 1 is 0.962 bits per heavy atom. The summed E-state index contributed by atoms with van der Waals surface area (Å²) < 4.78 is 17.9. The maximum atomic E-state index is 14.5. The molecule has 5 rings (SSSR count). The lowest BCUT2D eigenvalue weighted by Crippen LogP contribution is -2.48. The van der Waals surface area contributed by atoms with Crippen LogP contribution in [0, 0.1) is 5.92 Å². The van der Waals surface area contributed by atoms with Gasteiger partial charge < -0.3 is 45.1 Å². The summed E-state index contributed by atoms with van der Waals surface area (Å²) in [6.45, 7) is 6.44. The molecular weight excluding hydrogens is 674 g/mol. The number of anilines is 3. The summed E-state index contributed by atoms with van der Waals surface area (Å²) >= 11 is 0. The zero-order chi connectivity index (χ0) is 37.9. The van der Waals surface area contributed by atoms with Crippen LogP contribution in [-0.4, -0.2) is 91.6 Å². The normalized spacial score (nSPS) is 18.9. The van der Waals surface area contributed by atoms with Gasteiger partial charge in [-0.05, 0) is 87.0 Å². The second-order valence-electron chi connectivity index (χ2n) is 13.7. The minimum absolute atomic E-state index is 0.205. The number of carbonyl (C=O) groups is 3. The molecule has 0 spiro atoms. The van der Waals surface area contributed by atoms with E-state index in [-0.39, 0.29) is 49.2 Å². The Kier molecular flexibility index (Phi) is 13.5. The topological polar surface area (TPSA) is 142 Å². The number of amides is 5. The predicted octanol–water partition coefficient (Wildman–Crippen LogP) is 7.45. The molecule has 4 atom stereocenters. The first-order chi connectivity index (χ1) is 25.6. The number of carbonyl (C=O) groups excluding carboxylic acids is 3. The van der Waals surface area contributed by atoms with Gasteiger partial charge in [0.1, 0.15) is 11.5 Å². The van der Waals surface area contributed by atoms with Crippen molar-refractivity contribution >= 4 is 45.8 Å². The summed E-state index contributed by atoms with van der Waals surface area (Å²) in [5.74, 6) is 0.459. The summed E-state index contributed by atoms with van der Waals surface area (Å²) in [5, 5.41) is 20.9. The minimum Gasteiger partial charge on any atom is -0.497 e. The minimum atomic E-state index is -0.550. The van der Waals surface area contributed by atoms with Crippen molar-refractivity contribution in [3.05, 3.63) is 90.5 Å².